The van der Waals surface area contributed by atoms with Crippen molar-refractivity contribution in [2.24, 2.45) is 0 Å². The molecule has 0 amide bonds. The van der Waals surface area contributed by atoms with Crippen molar-refractivity contribution in [3.8, 4) is 0 Å². The van der Waals surface area contributed by atoms with Crippen LogP contribution in [0.15, 0.2) is 12.1 Å². The fraction of sp³-hybridized carbons (Fsp3) is 0.333. The van der Waals surface area contributed by atoms with Crippen molar-refractivity contribution >= 4 is 11.9 Å². The van der Waals surface area contributed by atoms with Gasteiger partial charge in [-0.3, -0.25) is 4.79 Å². The summed E-state index contributed by atoms with van der Waals surface area (Å²) in [6.45, 7) is 1.52. The number of aryl methyl sites for hydroxylation is 2. The third-order valence-corrected chi connectivity index (χ3v) is 2.46. The fourth-order valence-electron chi connectivity index (χ4n) is 1.57. The van der Waals surface area contributed by atoms with E-state index in [1.807, 2.05) is 0 Å². The van der Waals surface area contributed by atoms with Gasteiger partial charge in [-0.15, -0.1) is 0 Å². The van der Waals surface area contributed by atoms with Crippen LogP contribution in [0.4, 0.5) is 4.39 Å². The zero-order chi connectivity index (χ0) is 13.0. The molecule has 0 aliphatic carbocycles. The maximum atomic E-state index is 13.5. The van der Waals surface area contributed by atoms with Crippen molar-refractivity contribution in [3.63, 3.8) is 0 Å². The lowest BCUT2D eigenvalue weighted by Gasteiger charge is -2.06. The Morgan fingerprint density at radius 3 is 2.47 bits per heavy atom. The summed E-state index contributed by atoms with van der Waals surface area (Å²) in [6, 6.07) is 2.44. The number of aliphatic carboxylic acids is 1. The number of hydrogen-bond acceptors (Lipinski definition) is 2. The van der Waals surface area contributed by atoms with E-state index in [1.54, 1.807) is 0 Å². The maximum Gasteiger partial charge on any atom is 0.335 e. The number of hydrogen-bond donors (Lipinski definition) is 2. The summed E-state index contributed by atoms with van der Waals surface area (Å²) in [7, 11) is 0. The standard InChI is InChI=1S/C12H13FO4/c1-7-5-10(13)8(3-2-4-11(14)15)6-9(7)12(16)17/h5-6H,2-4H2,1H3,(H,14,15)(H,16,17). The van der Waals surface area contributed by atoms with Crippen molar-refractivity contribution in [2.45, 2.75) is 26.2 Å². The number of rotatable bonds is 5. The number of aromatic carboxylic acids is 1. The van der Waals surface area contributed by atoms with Crippen LogP contribution in [0.1, 0.15) is 34.3 Å². The van der Waals surface area contributed by atoms with Crippen molar-refractivity contribution in [1.82, 2.24) is 0 Å². The Bertz CT molecular complexity index is 454. The van der Waals surface area contributed by atoms with Crippen LogP contribution in [0.3, 0.4) is 0 Å². The Labute approximate surface area is 97.7 Å². The first-order valence-electron chi connectivity index (χ1n) is 5.16. The van der Waals surface area contributed by atoms with Gasteiger partial charge in [-0.25, -0.2) is 9.18 Å². The number of carboxylic acids is 2. The molecule has 92 valence electrons. The van der Waals surface area contributed by atoms with E-state index in [1.165, 1.54) is 19.1 Å². The third kappa shape index (κ3) is 3.55. The topological polar surface area (TPSA) is 74.6 Å². The van der Waals surface area contributed by atoms with Crippen molar-refractivity contribution in [2.75, 3.05) is 0 Å². The quantitative estimate of drug-likeness (QED) is 0.827. The number of carboxylic acid groups (broad SMARTS) is 2. The monoisotopic (exact) mass is 240 g/mol. The highest BCUT2D eigenvalue weighted by Gasteiger charge is 2.12. The third-order valence-electron chi connectivity index (χ3n) is 2.46. The lowest BCUT2D eigenvalue weighted by atomic mass is 10.0. The largest absolute Gasteiger partial charge is 0.481 e. The van der Waals surface area contributed by atoms with Gasteiger partial charge in [0.1, 0.15) is 5.82 Å². The maximum absolute atomic E-state index is 13.5. The molecule has 17 heavy (non-hydrogen) atoms. The van der Waals surface area contributed by atoms with Gasteiger partial charge in [-0.2, -0.15) is 0 Å². The average molecular weight is 240 g/mol. The number of halogens is 1. The van der Waals surface area contributed by atoms with Crippen LogP contribution >= 0.6 is 0 Å². The van der Waals surface area contributed by atoms with Crippen molar-refractivity contribution in [1.29, 1.82) is 0 Å². The zero-order valence-electron chi connectivity index (χ0n) is 9.36. The molecule has 0 saturated carbocycles. The molecule has 0 aromatic heterocycles. The molecule has 2 N–H and O–H groups in total. The highest BCUT2D eigenvalue weighted by atomic mass is 19.1. The highest BCUT2D eigenvalue weighted by Crippen LogP contribution is 2.17. The molecule has 0 bridgehead atoms. The van der Waals surface area contributed by atoms with Gasteiger partial charge < -0.3 is 10.2 Å². The van der Waals surface area contributed by atoms with Crippen LogP contribution in [-0.2, 0) is 11.2 Å². The van der Waals surface area contributed by atoms with Gasteiger partial charge in [-0.1, -0.05) is 0 Å². The van der Waals surface area contributed by atoms with E-state index < -0.39 is 17.8 Å². The Kier molecular flexibility index (Phi) is 4.20. The first kappa shape index (κ1) is 13.2. The molecule has 1 aromatic rings. The molecule has 0 unspecified atom stereocenters. The lowest BCUT2D eigenvalue weighted by molar-refractivity contribution is -0.137. The van der Waals surface area contributed by atoms with E-state index in [4.69, 9.17) is 10.2 Å². The SMILES string of the molecule is Cc1cc(F)c(CCCC(=O)O)cc1C(=O)O. The Hall–Kier alpha value is -1.91. The van der Waals surface area contributed by atoms with Crippen LogP contribution in [0.2, 0.25) is 0 Å². The minimum atomic E-state index is -1.11. The minimum absolute atomic E-state index is 0.0525. The Morgan fingerprint density at radius 2 is 1.94 bits per heavy atom. The van der Waals surface area contributed by atoms with Crippen LogP contribution in [0.25, 0.3) is 0 Å². The molecular weight excluding hydrogens is 227 g/mol. The van der Waals surface area contributed by atoms with E-state index in [0.717, 1.165) is 0 Å². The second-order valence-corrected chi connectivity index (χ2v) is 3.81. The number of benzene rings is 1. The van der Waals surface area contributed by atoms with Gasteiger partial charge in [0.05, 0.1) is 5.56 Å². The lowest BCUT2D eigenvalue weighted by Crippen LogP contribution is -2.04. The molecule has 0 aliphatic heterocycles. The number of carbonyl (C=O) groups is 2. The summed E-state index contributed by atoms with van der Waals surface area (Å²) in [5.74, 6) is -2.55. The minimum Gasteiger partial charge on any atom is -0.481 e. The van der Waals surface area contributed by atoms with Crippen LogP contribution < -0.4 is 0 Å². The van der Waals surface area contributed by atoms with Gasteiger partial charge in [0, 0.05) is 6.42 Å². The first-order valence-corrected chi connectivity index (χ1v) is 5.16. The Morgan fingerprint density at radius 1 is 1.29 bits per heavy atom. The molecule has 0 spiro atoms. The molecule has 0 saturated heterocycles. The molecule has 1 rings (SSSR count). The van der Waals surface area contributed by atoms with Crippen LogP contribution in [0, 0.1) is 12.7 Å². The zero-order valence-corrected chi connectivity index (χ0v) is 9.36. The molecule has 1 aromatic carbocycles. The molecule has 0 atom stereocenters. The smallest absolute Gasteiger partial charge is 0.335 e. The van der Waals surface area contributed by atoms with Crippen molar-refractivity contribution in [3.05, 3.63) is 34.6 Å². The summed E-state index contributed by atoms with van der Waals surface area (Å²) in [6.07, 6.45) is 0.447. The van der Waals surface area contributed by atoms with Gasteiger partial charge in [0.15, 0.2) is 0 Å². The summed E-state index contributed by atoms with van der Waals surface area (Å²) in [5, 5.41) is 17.3. The van der Waals surface area contributed by atoms with Crippen LogP contribution in [-0.4, -0.2) is 22.2 Å². The van der Waals surface area contributed by atoms with E-state index >= 15 is 0 Å². The van der Waals surface area contributed by atoms with Crippen molar-refractivity contribution < 1.29 is 24.2 Å². The van der Waals surface area contributed by atoms with Gasteiger partial charge >= 0.3 is 11.9 Å². The van der Waals surface area contributed by atoms with E-state index in [9.17, 15) is 14.0 Å². The second kappa shape index (κ2) is 5.43. The molecule has 0 aliphatic rings. The predicted molar refractivity (Wildman–Crippen MR) is 58.7 cm³/mol. The molecule has 4 nitrogen and oxygen atoms in total. The molecule has 0 heterocycles. The summed E-state index contributed by atoms with van der Waals surface area (Å²) >= 11 is 0. The fourth-order valence-corrected chi connectivity index (χ4v) is 1.57. The predicted octanol–water partition coefficient (Wildman–Crippen LogP) is 2.24. The molecule has 0 radical (unpaired) electrons. The summed E-state index contributed by atoms with van der Waals surface area (Å²) < 4.78 is 13.5. The molecule has 0 fully saturated rings. The van der Waals surface area contributed by atoms with Gasteiger partial charge in [0.2, 0.25) is 0 Å². The summed E-state index contributed by atoms with van der Waals surface area (Å²) in [5.41, 5.74) is 0.656. The normalized spacial score (nSPS) is 10.2. The molecular formula is C12H13FO4. The highest BCUT2D eigenvalue weighted by molar-refractivity contribution is 5.89. The average Bonchev–Trinajstić information content (AvgIpc) is 2.20. The molecule has 5 heteroatoms. The van der Waals surface area contributed by atoms with Gasteiger partial charge in [-0.05, 0) is 43.0 Å². The van der Waals surface area contributed by atoms with E-state index in [0.29, 0.717) is 5.56 Å². The van der Waals surface area contributed by atoms with Gasteiger partial charge in [0.25, 0.3) is 0 Å². The first-order chi connectivity index (χ1) is 7.91. The van der Waals surface area contributed by atoms with Crippen LogP contribution in [0.5, 0.6) is 0 Å². The summed E-state index contributed by atoms with van der Waals surface area (Å²) in [4.78, 5) is 21.2. The van der Waals surface area contributed by atoms with E-state index in [2.05, 4.69) is 0 Å². The van der Waals surface area contributed by atoms with E-state index in [-0.39, 0.29) is 30.4 Å². The Balaban J connectivity index is 2.88. The second-order valence-electron chi connectivity index (χ2n) is 3.81.